The minimum atomic E-state index is -0.431. The number of amides is 1. The summed E-state index contributed by atoms with van der Waals surface area (Å²) in [5, 5.41) is 11.4. The van der Waals surface area contributed by atoms with Gasteiger partial charge in [-0.25, -0.2) is 0 Å². The van der Waals surface area contributed by atoms with Gasteiger partial charge in [-0.2, -0.15) is 5.10 Å². The molecule has 1 unspecified atom stereocenters. The van der Waals surface area contributed by atoms with E-state index in [1.54, 1.807) is 21.0 Å². The number of nitrogens with two attached hydrogens (primary N) is 1. The lowest BCUT2D eigenvalue weighted by Crippen LogP contribution is -2.37. The monoisotopic (exact) mass is 309 g/mol. The van der Waals surface area contributed by atoms with E-state index < -0.39 is 6.04 Å². The van der Waals surface area contributed by atoms with Crippen LogP contribution in [0.1, 0.15) is 37.6 Å². The molecule has 0 saturated carbocycles. The molecule has 1 rings (SSSR count). The Morgan fingerprint density at radius 2 is 1.95 bits per heavy atom. The van der Waals surface area contributed by atoms with Gasteiger partial charge >= 0.3 is 0 Å². The topological polar surface area (TPSA) is 84.1 Å². The number of nitrogens with zero attached hydrogens (tertiary/aromatic N) is 3. The second-order valence-corrected chi connectivity index (χ2v) is 5.46. The molecule has 1 heterocycles. The molecule has 1 aromatic heterocycles. The fraction of sp³-hybridized carbons (Fsp3) is 0.571. The fourth-order valence-electron chi connectivity index (χ4n) is 2.19. The van der Waals surface area contributed by atoms with Gasteiger partial charge in [0.15, 0.2) is 5.82 Å². The molecule has 0 fully saturated rings. The minimum Gasteiger partial charge on any atom is -0.389 e. The SMILES string of the molecule is CCc1nnc(NC(C)C(=O)N(C)C)c(C(N)=S)c1CC. The standard InChI is InChI=1S/C14H23N5OS/c1-6-9-10(7-2)17-18-13(11(9)12(15)21)16-8(3)14(20)19(4)5/h8H,6-7H2,1-5H3,(H2,15,21)(H,16,18). The summed E-state index contributed by atoms with van der Waals surface area (Å²) in [6.45, 7) is 5.81. The van der Waals surface area contributed by atoms with Gasteiger partial charge in [0.25, 0.3) is 0 Å². The fourth-order valence-corrected chi connectivity index (χ4v) is 2.41. The predicted molar refractivity (Wildman–Crippen MR) is 88.5 cm³/mol. The molecule has 6 nitrogen and oxygen atoms in total. The number of rotatable bonds is 6. The summed E-state index contributed by atoms with van der Waals surface area (Å²) >= 11 is 5.16. The highest BCUT2D eigenvalue weighted by atomic mass is 32.1. The number of anilines is 1. The Labute approximate surface area is 131 Å². The quantitative estimate of drug-likeness (QED) is 0.766. The molecule has 0 aliphatic heterocycles. The van der Waals surface area contributed by atoms with Gasteiger partial charge in [-0.05, 0) is 25.3 Å². The normalized spacial score (nSPS) is 11.9. The summed E-state index contributed by atoms with van der Waals surface area (Å²) in [7, 11) is 3.41. The van der Waals surface area contributed by atoms with Gasteiger partial charge < -0.3 is 16.0 Å². The lowest BCUT2D eigenvalue weighted by molar-refractivity contribution is -0.129. The lowest BCUT2D eigenvalue weighted by Gasteiger charge is -2.21. The maximum Gasteiger partial charge on any atom is 0.244 e. The van der Waals surface area contributed by atoms with E-state index in [1.807, 2.05) is 13.8 Å². The molecule has 0 aliphatic carbocycles. The summed E-state index contributed by atoms with van der Waals surface area (Å²) in [5.41, 5.74) is 8.43. The van der Waals surface area contributed by atoms with E-state index >= 15 is 0 Å². The van der Waals surface area contributed by atoms with E-state index in [0.717, 1.165) is 24.1 Å². The summed E-state index contributed by atoms with van der Waals surface area (Å²) in [4.78, 5) is 13.7. The number of hydrogen-bond donors (Lipinski definition) is 2. The van der Waals surface area contributed by atoms with Gasteiger partial charge in [-0.15, -0.1) is 5.10 Å². The first-order chi connectivity index (χ1) is 9.83. The molecule has 0 radical (unpaired) electrons. The second kappa shape index (κ2) is 7.31. The van der Waals surface area contributed by atoms with Crippen LogP contribution in [0.25, 0.3) is 0 Å². The Morgan fingerprint density at radius 1 is 1.33 bits per heavy atom. The Kier molecular flexibility index (Phi) is 6.02. The smallest absolute Gasteiger partial charge is 0.244 e. The van der Waals surface area contributed by atoms with Gasteiger partial charge in [0.1, 0.15) is 11.0 Å². The Hall–Kier alpha value is -1.76. The third-order valence-corrected chi connectivity index (χ3v) is 3.46. The average molecular weight is 309 g/mol. The molecule has 21 heavy (non-hydrogen) atoms. The Balaban J connectivity index is 3.24. The van der Waals surface area contributed by atoms with Crippen LogP contribution in [-0.4, -0.2) is 46.1 Å². The van der Waals surface area contributed by atoms with E-state index in [2.05, 4.69) is 15.5 Å². The number of hydrogen-bond acceptors (Lipinski definition) is 5. The van der Waals surface area contributed by atoms with Gasteiger partial charge in [-0.3, -0.25) is 4.79 Å². The summed E-state index contributed by atoms with van der Waals surface area (Å²) < 4.78 is 0. The second-order valence-electron chi connectivity index (χ2n) is 5.02. The highest BCUT2D eigenvalue weighted by Gasteiger charge is 2.21. The van der Waals surface area contributed by atoms with Gasteiger partial charge in [0, 0.05) is 14.1 Å². The number of aromatic nitrogens is 2. The van der Waals surface area contributed by atoms with Crippen LogP contribution in [0.3, 0.4) is 0 Å². The molecule has 0 spiro atoms. The van der Waals surface area contributed by atoms with Crippen molar-refractivity contribution in [1.29, 1.82) is 0 Å². The Bertz CT molecular complexity index is 544. The summed E-state index contributed by atoms with van der Waals surface area (Å²) in [6, 6.07) is -0.431. The molecule has 1 amide bonds. The molecule has 1 atom stereocenters. The number of carbonyl (C=O) groups excluding carboxylic acids is 1. The number of thiocarbonyl (C=S) groups is 1. The number of nitrogens with one attached hydrogen (secondary N) is 1. The lowest BCUT2D eigenvalue weighted by atomic mass is 10.0. The molecule has 0 aliphatic rings. The van der Waals surface area contributed by atoms with Gasteiger partial charge in [0.2, 0.25) is 5.91 Å². The molecule has 0 aromatic carbocycles. The van der Waals surface area contributed by atoms with Crippen molar-refractivity contribution >= 4 is 28.9 Å². The van der Waals surface area contributed by atoms with Crippen molar-refractivity contribution in [3.05, 3.63) is 16.8 Å². The number of aryl methyl sites for hydroxylation is 1. The van der Waals surface area contributed by atoms with Crippen molar-refractivity contribution in [1.82, 2.24) is 15.1 Å². The Morgan fingerprint density at radius 3 is 2.38 bits per heavy atom. The van der Waals surface area contributed by atoms with Crippen LogP contribution in [0.5, 0.6) is 0 Å². The van der Waals surface area contributed by atoms with Crippen LogP contribution in [0, 0.1) is 0 Å². The molecular weight excluding hydrogens is 286 g/mol. The van der Waals surface area contributed by atoms with Crippen molar-refractivity contribution in [2.75, 3.05) is 19.4 Å². The van der Waals surface area contributed by atoms with Crippen LogP contribution >= 0.6 is 12.2 Å². The van der Waals surface area contributed by atoms with Crippen molar-refractivity contribution in [3.8, 4) is 0 Å². The van der Waals surface area contributed by atoms with E-state index in [-0.39, 0.29) is 10.9 Å². The van der Waals surface area contributed by atoms with Crippen molar-refractivity contribution in [2.24, 2.45) is 5.73 Å². The maximum atomic E-state index is 12.0. The maximum absolute atomic E-state index is 12.0. The van der Waals surface area contributed by atoms with E-state index in [9.17, 15) is 4.79 Å². The highest BCUT2D eigenvalue weighted by molar-refractivity contribution is 7.80. The van der Waals surface area contributed by atoms with Crippen LogP contribution < -0.4 is 11.1 Å². The first kappa shape index (κ1) is 17.3. The average Bonchev–Trinajstić information content (AvgIpc) is 2.44. The molecule has 116 valence electrons. The summed E-state index contributed by atoms with van der Waals surface area (Å²) in [6.07, 6.45) is 1.52. The zero-order valence-corrected chi connectivity index (χ0v) is 14.0. The van der Waals surface area contributed by atoms with Crippen molar-refractivity contribution in [2.45, 2.75) is 39.7 Å². The highest BCUT2D eigenvalue weighted by Crippen LogP contribution is 2.21. The van der Waals surface area contributed by atoms with Crippen molar-refractivity contribution < 1.29 is 4.79 Å². The predicted octanol–water partition coefficient (Wildman–Crippen LogP) is 1.12. The molecule has 1 aromatic rings. The van der Waals surface area contributed by atoms with E-state index in [1.165, 1.54) is 4.90 Å². The first-order valence-corrected chi connectivity index (χ1v) is 7.40. The zero-order chi connectivity index (χ0) is 16.2. The molecule has 7 heteroatoms. The minimum absolute atomic E-state index is 0.0525. The van der Waals surface area contributed by atoms with Gasteiger partial charge in [0.05, 0.1) is 11.3 Å². The molecule has 3 N–H and O–H groups in total. The van der Waals surface area contributed by atoms with Crippen molar-refractivity contribution in [3.63, 3.8) is 0 Å². The first-order valence-electron chi connectivity index (χ1n) is 6.99. The van der Waals surface area contributed by atoms with Crippen LogP contribution in [0.2, 0.25) is 0 Å². The van der Waals surface area contributed by atoms with Crippen LogP contribution in [0.15, 0.2) is 0 Å². The van der Waals surface area contributed by atoms with Gasteiger partial charge in [-0.1, -0.05) is 26.1 Å². The largest absolute Gasteiger partial charge is 0.389 e. The number of likely N-dealkylation sites (N-methyl/N-ethyl adjacent to an activating group) is 1. The zero-order valence-electron chi connectivity index (χ0n) is 13.2. The third kappa shape index (κ3) is 3.87. The summed E-state index contributed by atoms with van der Waals surface area (Å²) in [5.74, 6) is 0.419. The van der Waals surface area contributed by atoms with E-state index in [0.29, 0.717) is 11.4 Å². The molecular formula is C14H23N5OS. The number of carbonyl (C=O) groups is 1. The third-order valence-electron chi connectivity index (χ3n) is 3.26. The van der Waals surface area contributed by atoms with Crippen LogP contribution in [0.4, 0.5) is 5.82 Å². The van der Waals surface area contributed by atoms with E-state index in [4.69, 9.17) is 18.0 Å². The van der Waals surface area contributed by atoms with Crippen LogP contribution in [-0.2, 0) is 17.6 Å². The molecule has 0 bridgehead atoms. The molecule has 0 saturated heterocycles.